The molecule has 0 aromatic heterocycles. The van der Waals surface area contributed by atoms with Crippen LogP contribution in [0.3, 0.4) is 0 Å². The first-order valence-electron chi connectivity index (χ1n) is 12.6. The minimum atomic E-state index is -0.513. The summed E-state index contributed by atoms with van der Waals surface area (Å²) in [4.78, 5) is 37.5. The third kappa shape index (κ3) is 7.29. The van der Waals surface area contributed by atoms with Crippen LogP contribution in [0, 0.1) is 6.92 Å². The first-order valence-corrected chi connectivity index (χ1v) is 12.6. The second kappa shape index (κ2) is 13.0. The Morgan fingerprint density at radius 2 is 1.59 bits per heavy atom. The number of hydrogen-bond donors (Lipinski definition) is 2. The van der Waals surface area contributed by atoms with Gasteiger partial charge in [0.25, 0.3) is 11.8 Å². The Kier molecular flexibility index (Phi) is 9.03. The summed E-state index contributed by atoms with van der Waals surface area (Å²) in [7, 11) is 0. The summed E-state index contributed by atoms with van der Waals surface area (Å²) < 4.78 is 11.2. The molecule has 0 bridgehead atoms. The first kappa shape index (κ1) is 27.1. The molecule has 0 aliphatic rings. The number of nitrogens with zero attached hydrogens (tertiary/aromatic N) is 1. The van der Waals surface area contributed by atoms with E-state index in [1.54, 1.807) is 42.5 Å². The summed E-state index contributed by atoms with van der Waals surface area (Å²) in [6, 6.07) is 24.9. The number of carbonyl (C=O) groups excluding carboxylic acids is 3. The molecule has 39 heavy (non-hydrogen) atoms. The predicted octanol–water partition coefficient (Wildman–Crippen LogP) is 5.04. The zero-order valence-electron chi connectivity index (χ0n) is 21.8. The number of benzene rings is 4. The highest BCUT2D eigenvalue weighted by Gasteiger charge is 2.14. The number of hydrogen-bond acceptors (Lipinski definition) is 6. The van der Waals surface area contributed by atoms with Gasteiger partial charge in [-0.1, -0.05) is 55.0 Å². The fourth-order valence-electron chi connectivity index (χ4n) is 3.74. The maximum absolute atomic E-state index is 12.7. The molecule has 0 saturated heterocycles. The van der Waals surface area contributed by atoms with Crippen LogP contribution >= 0.6 is 0 Å². The third-order valence-corrected chi connectivity index (χ3v) is 5.80. The maximum atomic E-state index is 12.7. The summed E-state index contributed by atoms with van der Waals surface area (Å²) >= 11 is 0. The van der Waals surface area contributed by atoms with Gasteiger partial charge in [0.15, 0.2) is 0 Å². The largest absolute Gasteiger partial charge is 0.494 e. The number of nitrogens with one attached hydrogen (secondary N) is 2. The lowest BCUT2D eigenvalue weighted by atomic mass is 10.0. The van der Waals surface area contributed by atoms with Crippen molar-refractivity contribution in [1.29, 1.82) is 0 Å². The number of hydrazone groups is 1. The standard InChI is InChI=1S/C31H29N3O5/c1-3-18-38-25-15-12-23(13-16-25)30(36)32-20-29(35)34-33-19-27-26-7-5-4-6-22(26)14-17-28(27)39-31(37)24-10-8-21(2)9-11-24/h4-17,19H,3,18,20H2,1-2H3,(H,32,36)(H,34,35)/b33-19-. The van der Waals surface area contributed by atoms with Gasteiger partial charge in [0.05, 0.1) is 24.9 Å². The van der Waals surface area contributed by atoms with Gasteiger partial charge in [-0.25, -0.2) is 10.2 Å². The number of esters is 1. The Morgan fingerprint density at radius 3 is 2.33 bits per heavy atom. The van der Waals surface area contributed by atoms with Crippen LogP contribution < -0.4 is 20.2 Å². The topological polar surface area (TPSA) is 106 Å². The van der Waals surface area contributed by atoms with E-state index in [0.717, 1.165) is 22.8 Å². The van der Waals surface area contributed by atoms with Gasteiger partial charge in [-0.3, -0.25) is 9.59 Å². The van der Waals surface area contributed by atoms with Crippen LogP contribution in [0.15, 0.2) is 90.0 Å². The Bertz CT molecular complexity index is 1500. The number of aryl methyl sites for hydroxylation is 1. The number of rotatable bonds is 10. The highest BCUT2D eigenvalue weighted by molar-refractivity contribution is 6.04. The van der Waals surface area contributed by atoms with Gasteiger partial charge >= 0.3 is 5.97 Å². The molecule has 0 atom stereocenters. The van der Waals surface area contributed by atoms with E-state index in [1.807, 2.05) is 56.3 Å². The van der Waals surface area contributed by atoms with Gasteiger partial charge < -0.3 is 14.8 Å². The minimum absolute atomic E-state index is 0.269. The SMILES string of the molecule is CCCOc1ccc(C(=O)NCC(=O)N/N=C\c2c(OC(=O)c3ccc(C)cc3)ccc3ccccc23)cc1. The highest BCUT2D eigenvalue weighted by atomic mass is 16.5. The van der Waals surface area contributed by atoms with Crippen molar-refractivity contribution in [2.75, 3.05) is 13.2 Å². The molecule has 0 unspecified atom stereocenters. The summed E-state index contributed by atoms with van der Waals surface area (Å²) in [6.07, 6.45) is 2.31. The maximum Gasteiger partial charge on any atom is 0.343 e. The van der Waals surface area contributed by atoms with Gasteiger partial charge in [-0.05, 0) is 66.6 Å². The Balaban J connectivity index is 1.40. The highest BCUT2D eigenvalue weighted by Crippen LogP contribution is 2.27. The van der Waals surface area contributed by atoms with Crippen LogP contribution in [0.5, 0.6) is 11.5 Å². The summed E-state index contributed by atoms with van der Waals surface area (Å²) in [5.74, 6) is -0.428. The van der Waals surface area contributed by atoms with Gasteiger partial charge in [0.2, 0.25) is 0 Å². The monoisotopic (exact) mass is 523 g/mol. The molecular weight excluding hydrogens is 494 g/mol. The molecule has 0 heterocycles. The molecule has 4 aromatic carbocycles. The molecule has 198 valence electrons. The molecule has 2 amide bonds. The molecule has 4 aromatic rings. The quantitative estimate of drug-likeness (QED) is 0.131. The van der Waals surface area contributed by atoms with Crippen molar-refractivity contribution < 1.29 is 23.9 Å². The van der Waals surface area contributed by atoms with Crippen LogP contribution in [0.1, 0.15) is 45.2 Å². The molecule has 4 rings (SSSR count). The molecule has 0 spiro atoms. The third-order valence-electron chi connectivity index (χ3n) is 5.80. The van der Waals surface area contributed by atoms with E-state index in [2.05, 4.69) is 15.8 Å². The average Bonchev–Trinajstić information content (AvgIpc) is 2.96. The van der Waals surface area contributed by atoms with Crippen molar-refractivity contribution in [3.63, 3.8) is 0 Å². The van der Waals surface area contributed by atoms with E-state index in [9.17, 15) is 14.4 Å². The number of fused-ring (bicyclic) bond motifs is 1. The van der Waals surface area contributed by atoms with E-state index in [1.165, 1.54) is 6.21 Å². The van der Waals surface area contributed by atoms with Crippen LogP contribution in [-0.2, 0) is 4.79 Å². The van der Waals surface area contributed by atoms with E-state index in [0.29, 0.717) is 34.8 Å². The minimum Gasteiger partial charge on any atom is -0.494 e. The molecule has 0 fully saturated rings. The molecule has 2 N–H and O–H groups in total. The van der Waals surface area contributed by atoms with Crippen molar-refractivity contribution in [3.05, 3.63) is 107 Å². The van der Waals surface area contributed by atoms with Crippen molar-refractivity contribution in [1.82, 2.24) is 10.7 Å². The number of amides is 2. The molecule has 8 nitrogen and oxygen atoms in total. The smallest absolute Gasteiger partial charge is 0.343 e. The summed E-state index contributed by atoms with van der Waals surface area (Å²) in [5, 5.41) is 8.33. The lowest BCUT2D eigenvalue weighted by molar-refractivity contribution is -0.120. The molecule has 8 heteroatoms. The lowest BCUT2D eigenvalue weighted by Crippen LogP contribution is -2.34. The van der Waals surface area contributed by atoms with Gasteiger partial charge in [-0.15, -0.1) is 0 Å². The molecule has 0 saturated carbocycles. The Labute approximate surface area is 226 Å². The zero-order valence-corrected chi connectivity index (χ0v) is 21.8. The predicted molar refractivity (Wildman–Crippen MR) is 150 cm³/mol. The van der Waals surface area contributed by atoms with Crippen LogP contribution in [0.4, 0.5) is 0 Å². The van der Waals surface area contributed by atoms with Crippen molar-refractivity contribution in [2.24, 2.45) is 5.10 Å². The van der Waals surface area contributed by atoms with Crippen LogP contribution in [0.2, 0.25) is 0 Å². The van der Waals surface area contributed by atoms with Gasteiger partial charge in [0.1, 0.15) is 11.5 Å². The van der Waals surface area contributed by atoms with Crippen molar-refractivity contribution in [3.8, 4) is 11.5 Å². The fraction of sp³-hybridized carbons (Fsp3) is 0.161. The van der Waals surface area contributed by atoms with Crippen molar-refractivity contribution in [2.45, 2.75) is 20.3 Å². The Hall–Kier alpha value is -4.98. The number of ether oxygens (including phenoxy) is 2. The van der Waals surface area contributed by atoms with Crippen LogP contribution in [-0.4, -0.2) is 37.1 Å². The Morgan fingerprint density at radius 1 is 0.872 bits per heavy atom. The van der Waals surface area contributed by atoms with E-state index in [-0.39, 0.29) is 6.54 Å². The second-order valence-electron chi connectivity index (χ2n) is 8.80. The van der Waals surface area contributed by atoms with E-state index in [4.69, 9.17) is 9.47 Å². The molecule has 0 radical (unpaired) electrons. The van der Waals surface area contributed by atoms with Gasteiger partial charge in [-0.2, -0.15) is 5.10 Å². The molecule has 0 aliphatic heterocycles. The normalized spacial score (nSPS) is 10.8. The fourth-order valence-corrected chi connectivity index (χ4v) is 3.74. The lowest BCUT2D eigenvalue weighted by Gasteiger charge is -2.11. The van der Waals surface area contributed by atoms with Gasteiger partial charge in [0, 0.05) is 11.1 Å². The molecular formula is C31H29N3O5. The zero-order chi connectivity index (χ0) is 27.6. The van der Waals surface area contributed by atoms with E-state index >= 15 is 0 Å². The summed E-state index contributed by atoms with van der Waals surface area (Å²) in [5.41, 5.74) is 4.80. The van der Waals surface area contributed by atoms with Crippen molar-refractivity contribution >= 4 is 34.8 Å². The van der Waals surface area contributed by atoms with E-state index < -0.39 is 17.8 Å². The number of carbonyl (C=O) groups is 3. The molecule has 0 aliphatic carbocycles. The summed E-state index contributed by atoms with van der Waals surface area (Å²) in [6.45, 7) is 4.28. The second-order valence-corrected chi connectivity index (χ2v) is 8.80. The van der Waals surface area contributed by atoms with Crippen LogP contribution in [0.25, 0.3) is 10.8 Å². The average molecular weight is 524 g/mol. The first-order chi connectivity index (χ1) is 18.9.